The summed E-state index contributed by atoms with van der Waals surface area (Å²) in [4.78, 5) is 1.97. The molecule has 6 aromatic carbocycles. The molecule has 214 valence electrons. The van der Waals surface area contributed by atoms with Crippen LogP contribution in [0.1, 0.15) is 0 Å². The third kappa shape index (κ3) is 3.84. The predicted octanol–water partition coefficient (Wildman–Crippen LogP) is 10.4. The third-order valence-electron chi connectivity index (χ3n) is 8.88. The molecule has 0 fully saturated rings. The van der Waals surface area contributed by atoms with Gasteiger partial charge in [-0.05, 0) is 59.7 Å². The van der Waals surface area contributed by atoms with Crippen molar-refractivity contribution in [2.75, 3.05) is 11.5 Å². The lowest BCUT2D eigenvalue weighted by Crippen LogP contribution is -1.95. The van der Waals surface area contributed by atoms with Gasteiger partial charge < -0.3 is 20.6 Å². The Bertz CT molecular complexity index is 2380. The number of nitrogens with two attached hydrogens (primary N) is 2. The second kappa shape index (κ2) is 9.88. The summed E-state index contributed by atoms with van der Waals surface area (Å²) in [5.41, 5.74) is 23.9. The quantitative estimate of drug-likeness (QED) is 0.212. The average Bonchev–Trinajstić information content (AvgIpc) is 3.71. The van der Waals surface area contributed by atoms with Crippen LogP contribution in [0.3, 0.4) is 0 Å². The van der Waals surface area contributed by atoms with E-state index in [1.807, 2.05) is 0 Å². The number of anilines is 2. The van der Waals surface area contributed by atoms with Crippen molar-refractivity contribution in [1.82, 2.24) is 9.13 Å². The molecule has 0 saturated carbocycles. The lowest BCUT2D eigenvalue weighted by atomic mass is 10.1. The van der Waals surface area contributed by atoms with Crippen molar-refractivity contribution >= 4 is 66.3 Å². The summed E-state index contributed by atoms with van der Waals surface area (Å²) in [6.45, 7) is 0. The summed E-state index contributed by atoms with van der Waals surface area (Å²) < 4.78 is 4.66. The molecule has 0 radical (unpaired) electrons. The van der Waals surface area contributed by atoms with Gasteiger partial charge in [-0.1, -0.05) is 97.1 Å². The molecule has 0 saturated heterocycles. The van der Waals surface area contributed by atoms with Crippen LogP contribution in [0.4, 0.5) is 11.4 Å². The Morgan fingerprint density at radius 2 is 0.756 bits per heavy atom. The van der Waals surface area contributed by atoms with Crippen LogP contribution in [0.5, 0.6) is 0 Å². The molecule has 3 heterocycles. The van der Waals surface area contributed by atoms with Crippen LogP contribution in [0.15, 0.2) is 146 Å². The van der Waals surface area contributed by atoms with Gasteiger partial charge in [0.05, 0.1) is 43.2 Å². The van der Waals surface area contributed by atoms with E-state index in [1.165, 1.54) is 32.6 Å². The predicted molar refractivity (Wildman–Crippen MR) is 193 cm³/mol. The van der Waals surface area contributed by atoms with Gasteiger partial charge in [-0.25, -0.2) is 0 Å². The van der Waals surface area contributed by atoms with Crippen molar-refractivity contribution in [3.8, 4) is 32.3 Å². The van der Waals surface area contributed by atoms with Crippen LogP contribution in [-0.2, 0) is 0 Å². The molecule has 0 aliphatic carbocycles. The van der Waals surface area contributed by atoms with Crippen molar-refractivity contribution in [1.29, 1.82) is 0 Å². The molecule has 3 aromatic heterocycles. The molecular weight excluding hydrogens is 569 g/mol. The van der Waals surface area contributed by atoms with Gasteiger partial charge in [0, 0.05) is 32.9 Å². The molecule has 0 unspecified atom stereocenters. The van der Waals surface area contributed by atoms with Gasteiger partial charge in [-0.15, -0.1) is 11.3 Å². The number of thiophene rings is 1. The molecule has 4 N–H and O–H groups in total. The number of nitrogens with zero attached hydrogens (tertiary/aromatic N) is 2. The minimum absolute atomic E-state index is 0.625. The summed E-state index contributed by atoms with van der Waals surface area (Å²) in [5, 5.41) is 4.87. The normalized spacial score (nSPS) is 11.7. The Labute approximate surface area is 264 Å². The van der Waals surface area contributed by atoms with E-state index in [0.29, 0.717) is 11.4 Å². The summed E-state index contributed by atoms with van der Waals surface area (Å²) in [5.74, 6) is 0. The van der Waals surface area contributed by atoms with E-state index in [9.17, 15) is 0 Å². The van der Waals surface area contributed by atoms with Gasteiger partial charge in [-0.3, -0.25) is 0 Å². The van der Waals surface area contributed by atoms with Crippen molar-refractivity contribution in [3.05, 3.63) is 146 Å². The molecule has 0 atom stereocenters. The van der Waals surface area contributed by atoms with E-state index in [2.05, 4.69) is 155 Å². The number of hydrogen-bond acceptors (Lipinski definition) is 3. The fourth-order valence-corrected chi connectivity index (χ4v) is 7.95. The van der Waals surface area contributed by atoms with E-state index in [1.54, 1.807) is 11.3 Å². The van der Waals surface area contributed by atoms with Crippen LogP contribution in [0, 0.1) is 0 Å². The van der Waals surface area contributed by atoms with Gasteiger partial charge in [0.1, 0.15) is 0 Å². The highest BCUT2D eigenvalue weighted by atomic mass is 32.1. The second-order valence-corrected chi connectivity index (χ2v) is 12.4. The van der Waals surface area contributed by atoms with Crippen molar-refractivity contribution in [3.63, 3.8) is 0 Å². The number of aromatic nitrogens is 2. The number of rotatable bonds is 4. The number of benzene rings is 6. The zero-order valence-electron chi connectivity index (χ0n) is 24.3. The first-order valence-electron chi connectivity index (χ1n) is 15.0. The Hall–Kier alpha value is -5.78. The van der Waals surface area contributed by atoms with Gasteiger partial charge in [0.15, 0.2) is 0 Å². The van der Waals surface area contributed by atoms with Crippen LogP contribution >= 0.6 is 11.3 Å². The van der Waals surface area contributed by atoms with Crippen molar-refractivity contribution < 1.29 is 0 Å². The van der Waals surface area contributed by atoms with E-state index < -0.39 is 0 Å². The van der Waals surface area contributed by atoms with Crippen LogP contribution in [-0.4, -0.2) is 9.13 Å². The largest absolute Gasteiger partial charge is 0.396 e. The van der Waals surface area contributed by atoms with Gasteiger partial charge in [0.25, 0.3) is 0 Å². The first-order chi connectivity index (χ1) is 22.2. The fourth-order valence-electron chi connectivity index (χ4n) is 6.82. The minimum atomic E-state index is 0.625. The van der Waals surface area contributed by atoms with E-state index >= 15 is 0 Å². The lowest BCUT2D eigenvalue weighted by Gasteiger charge is -2.08. The monoisotopic (exact) mass is 596 g/mol. The third-order valence-corrected chi connectivity index (χ3v) is 10.2. The van der Waals surface area contributed by atoms with Crippen molar-refractivity contribution in [2.24, 2.45) is 0 Å². The van der Waals surface area contributed by atoms with Crippen LogP contribution < -0.4 is 11.5 Å². The maximum Gasteiger partial charge on any atom is 0.0744 e. The molecule has 9 rings (SSSR count). The number of nitrogen functional groups attached to an aromatic ring is 2. The van der Waals surface area contributed by atoms with Crippen LogP contribution in [0.25, 0.3) is 75.9 Å². The maximum absolute atomic E-state index is 6.81. The fraction of sp³-hybridized carbons (Fsp3) is 0. The second-order valence-electron chi connectivity index (χ2n) is 11.4. The highest BCUT2D eigenvalue weighted by Gasteiger charge is 2.20. The average molecular weight is 597 g/mol. The minimum Gasteiger partial charge on any atom is -0.396 e. The zero-order chi connectivity index (χ0) is 30.1. The summed E-state index contributed by atoms with van der Waals surface area (Å²) in [6, 6.07) is 51.5. The Kier molecular flexibility index (Phi) is 5.64. The van der Waals surface area contributed by atoms with Gasteiger partial charge >= 0.3 is 0 Å². The smallest absolute Gasteiger partial charge is 0.0744 e. The summed E-state index contributed by atoms with van der Waals surface area (Å²) in [7, 11) is 0. The molecule has 0 bridgehead atoms. The molecular formula is C40H28N4S. The first-order valence-corrected chi connectivity index (χ1v) is 15.8. The zero-order valence-corrected chi connectivity index (χ0v) is 25.1. The summed E-state index contributed by atoms with van der Waals surface area (Å²) in [6.07, 6.45) is 0. The van der Waals surface area contributed by atoms with Gasteiger partial charge in [-0.2, -0.15) is 0 Å². The Balaban J connectivity index is 1.23. The van der Waals surface area contributed by atoms with Gasteiger partial charge in [0.2, 0.25) is 0 Å². The SMILES string of the molecule is Nc1c(-c2ccc3c4ccccc4n(-c4ccccc4)c3c2)sc(-c2ccc3c4ccccc4n(-c4ccccc4)c3c2)c1N. The molecule has 4 nitrogen and oxygen atoms in total. The lowest BCUT2D eigenvalue weighted by molar-refractivity contribution is 1.18. The Morgan fingerprint density at radius 3 is 1.20 bits per heavy atom. The number of hydrogen-bond donors (Lipinski definition) is 2. The molecule has 0 aliphatic rings. The molecule has 45 heavy (non-hydrogen) atoms. The van der Waals surface area contributed by atoms with E-state index in [-0.39, 0.29) is 0 Å². The molecule has 0 amide bonds. The van der Waals surface area contributed by atoms with Crippen LogP contribution in [0.2, 0.25) is 0 Å². The highest BCUT2D eigenvalue weighted by Crippen LogP contribution is 2.48. The van der Waals surface area contributed by atoms with E-state index in [0.717, 1.165) is 43.3 Å². The topological polar surface area (TPSA) is 61.9 Å². The number of para-hydroxylation sites is 4. The maximum atomic E-state index is 6.81. The van der Waals surface area contributed by atoms with Crippen molar-refractivity contribution in [2.45, 2.75) is 0 Å². The molecule has 0 aliphatic heterocycles. The van der Waals surface area contributed by atoms with E-state index in [4.69, 9.17) is 11.5 Å². The first kappa shape index (κ1) is 25.7. The highest BCUT2D eigenvalue weighted by molar-refractivity contribution is 7.20. The molecule has 0 spiro atoms. The number of fused-ring (bicyclic) bond motifs is 6. The Morgan fingerprint density at radius 1 is 0.378 bits per heavy atom. The summed E-state index contributed by atoms with van der Waals surface area (Å²) >= 11 is 1.66. The standard InChI is InChI=1S/C40H28N4S/c41-37-38(42)40(26-20-22-32-30-16-8-10-18-34(30)44(36(32)24-26)28-13-5-2-6-14-28)45-39(37)25-19-21-31-29-15-7-9-17-33(29)43(35(31)23-25)27-11-3-1-4-12-27/h1-24H,41-42H2. The molecule has 9 aromatic rings. The molecule has 5 heteroatoms.